The van der Waals surface area contributed by atoms with Crippen molar-refractivity contribution in [2.45, 2.75) is 55.9 Å². The number of hydrogen-bond acceptors (Lipinski definition) is 4. The normalized spacial score (nSPS) is 19.8. The van der Waals surface area contributed by atoms with Crippen molar-refractivity contribution in [3.8, 4) is 0 Å². The lowest BCUT2D eigenvalue weighted by atomic mass is 9.92. The Hall–Kier alpha value is -0.920. The Morgan fingerprint density at radius 3 is 2.45 bits per heavy atom. The van der Waals surface area contributed by atoms with E-state index in [0.717, 1.165) is 25.7 Å². The van der Waals surface area contributed by atoms with Crippen LogP contribution < -0.4 is 10.5 Å². The van der Waals surface area contributed by atoms with Gasteiger partial charge in [-0.05, 0) is 19.8 Å². The molecule has 1 aromatic heterocycles. The van der Waals surface area contributed by atoms with Crippen LogP contribution in [0.2, 0.25) is 0 Å². The van der Waals surface area contributed by atoms with Gasteiger partial charge in [-0.15, -0.1) is 0 Å². The third-order valence-corrected chi connectivity index (χ3v) is 5.70. The Bertz CT molecular complexity index is 557. The fraction of sp³-hybridized carbons (Fsp3) is 0.769. The van der Waals surface area contributed by atoms with Crippen LogP contribution in [0.5, 0.6) is 0 Å². The minimum absolute atomic E-state index is 0.234. The van der Waals surface area contributed by atoms with Crippen molar-refractivity contribution in [2.24, 2.45) is 12.8 Å². The van der Waals surface area contributed by atoms with Crippen molar-refractivity contribution >= 4 is 10.0 Å². The third-order valence-electron chi connectivity index (χ3n) is 4.19. The Morgan fingerprint density at radius 2 is 1.95 bits per heavy atom. The summed E-state index contributed by atoms with van der Waals surface area (Å²) in [5.74, 6) is 0. The number of aryl methyl sites for hydroxylation is 1. The highest BCUT2D eigenvalue weighted by Gasteiger charge is 2.29. The monoisotopic (exact) mass is 300 g/mol. The zero-order chi connectivity index (χ0) is 14.8. The van der Waals surface area contributed by atoms with Crippen molar-refractivity contribution in [1.82, 2.24) is 14.5 Å². The molecule has 0 unspecified atom stereocenters. The number of rotatable bonds is 4. The number of nitrogens with one attached hydrogen (secondary N) is 1. The maximum atomic E-state index is 12.3. The summed E-state index contributed by atoms with van der Waals surface area (Å²) < 4.78 is 28.8. The van der Waals surface area contributed by atoms with Gasteiger partial charge >= 0.3 is 0 Å². The molecule has 0 aromatic carbocycles. The minimum atomic E-state index is -3.53. The second-order valence-corrected chi connectivity index (χ2v) is 7.55. The van der Waals surface area contributed by atoms with Gasteiger partial charge in [-0.25, -0.2) is 13.1 Å². The summed E-state index contributed by atoms with van der Waals surface area (Å²) in [5.41, 5.74) is 6.55. The molecule has 114 valence electrons. The van der Waals surface area contributed by atoms with Crippen molar-refractivity contribution < 1.29 is 8.42 Å². The fourth-order valence-corrected chi connectivity index (χ4v) is 4.01. The van der Waals surface area contributed by atoms with Gasteiger partial charge in [0.2, 0.25) is 10.0 Å². The van der Waals surface area contributed by atoms with E-state index in [0.29, 0.717) is 12.2 Å². The Labute approximate surface area is 120 Å². The zero-order valence-corrected chi connectivity index (χ0v) is 13.0. The van der Waals surface area contributed by atoms with Gasteiger partial charge in [-0.2, -0.15) is 5.10 Å². The Kier molecular flexibility index (Phi) is 4.51. The molecule has 0 radical (unpaired) electrons. The lowest BCUT2D eigenvalue weighted by Crippen LogP contribution is -2.49. The summed E-state index contributed by atoms with van der Waals surface area (Å²) in [6.45, 7) is 2.04. The molecule has 0 bridgehead atoms. The number of sulfonamides is 1. The molecule has 0 amide bonds. The molecule has 3 N–H and O–H groups in total. The van der Waals surface area contributed by atoms with Crippen molar-refractivity contribution in [3.05, 3.63) is 11.9 Å². The van der Waals surface area contributed by atoms with E-state index in [1.54, 1.807) is 18.7 Å². The number of nitrogens with zero attached hydrogens (tertiary/aromatic N) is 2. The molecule has 7 heteroatoms. The van der Waals surface area contributed by atoms with Crippen LogP contribution in [0.15, 0.2) is 11.1 Å². The van der Waals surface area contributed by atoms with Crippen LogP contribution in [0.25, 0.3) is 0 Å². The molecule has 0 atom stereocenters. The second-order valence-electron chi connectivity index (χ2n) is 5.82. The summed E-state index contributed by atoms with van der Waals surface area (Å²) in [5, 5.41) is 3.98. The summed E-state index contributed by atoms with van der Waals surface area (Å²) in [6, 6.07) is 0. The summed E-state index contributed by atoms with van der Waals surface area (Å²) in [6.07, 6.45) is 7.66. The summed E-state index contributed by atoms with van der Waals surface area (Å²) >= 11 is 0. The average Bonchev–Trinajstić information content (AvgIpc) is 2.62. The van der Waals surface area contributed by atoms with E-state index >= 15 is 0 Å². The van der Waals surface area contributed by atoms with Gasteiger partial charge in [0.15, 0.2) is 0 Å². The molecule has 1 aliphatic carbocycles. The van der Waals surface area contributed by atoms with Crippen molar-refractivity contribution in [3.63, 3.8) is 0 Å². The first-order valence-corrected chi connectivity index (χ1v) is 8.60. The number of aromatic nitrogens is 2. The summed E-state index contributed by atoms with van der Waals surface area (Å²) in [4.78, 5) is 0.234. The van der Waals surface area contributed by atoms with E-state index in [1.165, 1.54) is 19.0 Å². The van der Waals surface area contributed by atoms with Crippen molar-refractivity contribution in [1.29, 1.82) is 0 Å². The maximum absolute atomic E-state index is 12.3. The molecule has 1 heterocycles. The quantitative estimate of drug-likeness (QED) is 0.814. The minimum Gasteiger partial charge on any atom is -0.324 e. The standard InChI is InChI=1S/C13H24N4O2S/c1-11-12(9-15-17(11)2)20(18,19)16-10-13(14)7-5-3-4-6-8-13/h9,16H,3-8,10,14H2,1-2H3. The van der Waals surface area contributed by atoms with E-state index in [2.05, 4.69) is 9.82 Å². The predicted molar refractivity (Wildman–Crippen MR) is 77.8 cm³/mol. The molecule has 0 aliphatic heterocycles. The van der Waals surface area contributed by atoms with Gasteiger partial charge < -0.3 is 5.73 Å². The first-order chi connectivity index (χ1) is 9.34. The maximum Gasteiger partial charge on any atom is 0.244 e. The average molecular weight is 300 g/mol. The number of nitrogens with two attached hydrogens (primary N) is 1. The SMILES string of the molecule is Cc1c(S(=O)(=O)NCC2(N)CCCCCC2)cnn1C. The van der Waals surface area contributed by atoms with Crippen LogP contribution in [0.3, 0.4) is 0 Å². The smallest absolute Gasteiger partial charge is 0.244 e. The van der Waals surface area contributed by atoms with Gasteiger partial charge in [-0.1, -0.05) is 25.7 Å². The van der Waals surface area contributed by atoms with Crippen LogP contribution in [-0.2, 0) is 17.1 Å². The van der Waals surface area contributed by atoms with E-state index in [4.69, 9.17) is 5.73 Å². The van der Waals surface area contributed by atoms with Crippen LogP contribution >= 0.6 is 0 Å². The highest BCUT2D eigenvalue weighted by molar-refractivity contribution is 7.89. The van der Waals surface area contributed by atoms with Gasteiger partial charge in [0.1, 0.15) is 4.90 Å². The molecule has 0 spiro atoms. The van der Waals surface area contributed by atoms with Crippen LogP contribution in [-0.4, -0.2) is 30.3 Å². The molecule has 6 nitrogen and oxygen atoms in total. The fourth-order valence-electron chi connectivity index (χ4n) is 2.67. The third kappa shape index (κ3) is 3.39. The molecule has 20 heavy (non-hydrogen) atoms. The van der Waals surface area contributed by atoms with E-state index in [1.807, 2.05) is 0 Å². The van der Waals surface area contributed by atoms with Gasteiger partial charge in [0.25, 0.3) is 0 Å². The van der Waals surface area contributed by atoms with Crippen molar-refractivity contribution in [2.75, 3.05) is 6.54 Å². The molecule has 2 rings (SSSR count). The molecule has 1 aromatic rings. The Morgan fingerprint density at radius 1 is 1.35 bits per heavy atom. The molecule has 1 fully saturated rings. The first kappa shape index (κ1) is 15.5. The zero-order valence-electron chi connectivity index (χ0n) is 12.2. The molecule has 1 aliphatic rings. The molecule has 1 saturated carbocycles. The number of hydrogen-bond donors (Lipinski definition) is 2. The van der Waals surface area contributed by atoms with E-state index in [9.17, 15) is 8.42 Å². The largest absolute Gasteiger partial charge is 0.324 e. The van der Waals surface area contributed by atoms with Gasteiger partial charge in [0, 0.05) is 19.1 Å². The lowest BCUT2D eigenvalue weighted by molar-refractivity contribution is 0.369. The first-order valence-electron chi connectivity index (χ1n) is 7.11. The topological polar surface area (TPSA) is 90.0 Å². The van der Waals surface area contributed by atoms with Crippen LogP contribution in [0.1, 0.15) is 44.2 Å². The molecular weight excluding hydrogens is 276 g/mol. The van der Waals surface area contributed by atoms with E-state index < -0.39 is 15.6 Å². The Balaban J connectivity index is 2.07. The van der Waals surface area contributed by atoms with Crippen LogP contribution in [0, 0.1) is 6.92 Å². The lowest BCUT2D eigenvalue weighted by Gasteiger charge is -2.28. The molecular formula is C13H24N4O2S. The predicted octanol–water partition coefficient (Wildman–Crippen LogP) is 1.06. The van der Waals surface area contributed by atoms with Gasteiger partial charge in [-0.3, -0.25) is 4.68 Å². The van der Waals surface area contributed by atoms with E-state index in [-0.39, 0.29) is 4.90 Å². The van der Waals surface area contributed by atoms with Crippen LogP contribution in [0.4, 0.5) is 0 Å². The molecule has 0 saturated heterocycles. The highest BCUT2D eigenvalue weighted by Crippen LogP contribution is 2.25. The van der Waals surface area contributed by atoms with Gasteiger partial charge in [0.05, 0.1) is 11.9 Å². The highest BCUT2D eigenvalue weighted by atomic mass is 32.2. The second kappa shape index (κ2) is 5.83. The summed E-state index contributed by atoms with van der Waals surface area (Å²) in [7, 11) is -1.81.